The number of carbonyl (C=O) groups is 1. The van der Waals surface area contributed by atoms with E-state index >= 15 is 0 Å². The molecule has 0 fully saturated rings. The van der Waals surface area contributed by atoms with Gasteiger partial charge in [-0.15, -0.1) is 6.58 Å². The predicted molar refractivity (Wildman–Crippen MR) is 71.3 cm³/mol. The lowest BCUT2D eigenvalue weighted by Crippen LogP contribution is -2.31. The summed E-state index contributed by atoms with van der Waals surface area (Å²) in [7, 11) is 0. The monoisotopic (exact) mass is 250 g/mol. The maximum absolute atomic E-state index is 12.0. The molecule has 1 atom stereocenters. The third-order valence-electron chi connectivity index (χ3n) is 3.03. The summed E-state index contributed by atoms with van der Waals surface area (Å²) in [4.78, 5) is 12.0. The number of rotatable bonds is 6. The first-order valence-electron chi connectivity index (χ1n) is 6.31. The molecular formula is C14H22N2O2. The van der Waals surface area contributed by atoms with Crippen LogP contribution in [0.25, 0.3) is 0 Å². The molecule has 1 aromatic heterocycles. The number of hydrogen-bond donors (Lipinski definition) is 0. The second-order valence-corrected chi connectivity index (χ2v) is 4.61. The summed E-state index contributed by atoms with van der Waals surface area (Å²) < 4.78 is 7.02. The van der Waals surface area contributed by atoms with Crippen LogP contribution in [-0.2, 0) is 22.5 Å². The highest BCUT2D eigenvalue weighted by Crippen LogP contribution is 2.26. The summed E-state index contributed by atoms with van der Waals surface area (Å²) in [6.07, 6.45) is 2.22. The van der Waals surface area contributed by atoms with Gasteiger partial charge in [-0.05, 0) is 33.8 Å². The minimum atomic E-state index is -0.699. The Kier molecular flexibility index (Phi) is 4.70. The fraction of sp³-hybridized carbons (Fsp3) is 0.571. The zero-order valence-corrected chi connectivity index (χ0v) is 11.7. The zero-order chi connectivity index (χ0) is 13.8. The molecule has 1 unspecified atom stereocenters. The van der Waals surface area contributed by atoms with Gasteiger partial charge in [0, 0.05) is 18.7 Å². The lowest BCUT2D eigenvalue weighted by molar-refractivity contribution is -0.151. The van der Waals surface area contributed by atoms with E-state index in [0.717, 1.165) is 17.9 Å². The molecule has 0 aliphatic heterocycles. The van der Waals surface area contributed by atoms with Gasteiger partial charge in [-0.2, -0.15) is 5.10 Å². The molecular weight excluding hydrogens is 228 g/mol. The highest BCUT2D eigenvalue weighted by molar-refractivity contribution is 5.78. The van der Waals surface area contributed by atoms with Crippen LogP contribution in [0.15, 0.2) is 18.7 Å². The molecule has 0 saturated heterocycles. The van der Waals surface area contributed by atoms with Crippen LogP contribution in [0, 0.1) is 12.3 Å². The minimum absolute atomic E-state index is 0.235. The number of aromatic nitrogens is 2. The Balaban J connectivity index is 2.97. The van der Waals surface area contributed by atoms with E-state index in [0.29, 0.717) is 13.0 Å². The molecule has 0 aliphatic rings. The van der Waals surface area contributed by atoms with Crippen molar-refractivity contribution >= 4 is 5.97 Å². The van der Waals surface area contributed by atoms with Crippen molar-refractivity contribution in [2.45, 2.75) is 40.7 Å². The van der Waals surface area contributed by atoms with Crippen LogP contribution in [-0.4, -0.2) is 22.4 Å². The Morgan fingerprint density at radius 3 is 2.78 bits per heavy atom. The van der Waals surface area contributed by atoms with Gasteiger partial charge >= 0.3 is 5.97 Å². The van der Waals surface area contributed by atoms with Crippen LogP contribution >= 0.6 is 0 Å². The molecule has 0 aliphatic carbocycles. The second kappa shape index (κ2) is 5.85. The van der Waals surface area contributed by atoms with Crippen molar-refractivity contribution in [1.82, 2.24) is 9.78 Å². The lowest BCUT2D eigenvalue weighted by Gasteiger charge is -2.23. The molecule has 1 aromatic rings. The largest absolute Gasteiger partial charge is 0.465 e. The molecule has 0 amide bonds. The lowest BCUT2D eigenvalue weighted by atomic mass is 9.85. The molecule has 4 nitrogen and oxygen atoms in total. The summed E-state index contributed by atoms with van der Waals surface area (Å²) >= 11 is 0. The SMILES string of the molecule is C=CC(C)(Cc1cc(C)nn1CC)C(=O)OCC. The van der Waals surface area contributed by atoms with Gasteiger partial charge in [0.2, 0.25) is 0 Å². The number of nitrogens with zero attached hydrogens (tertiary/aromatic N) is 2. The predicted octanol–water partition coefficient (Wildman–Crippen LogP) is 2.51. The first-order valence-corrected chi connectivity index (χ1v) is 6.31. The van der Waals surface area contributed by atoms with Crippen LogP contribution in [0.4, 0.5) is 0 Å². The van der Waals surface area contributed by atoms with E-state index in [4.69, 9.17) is 4.74 Å². The molecule has 1 heterocycles. The van der Waals surface area contributed by atoms with Crippen LogP contribution in [0.5, 0.6) is 0 Å². The maximum atomic E-state index is 12.0. The summed E-state index contributed by atoms with van der Waals surface area (Å²) in [5, 5.41) is 4.38. The third kappa shape index (κ3) is 3.00. The molecule has 1 rings (SSSR count). The highest BCUT2D eigenvalue weighted by Gasteiger charge is 2.32. The van der Waals surface area contributed by atoms with E-state index in [1.807, 2.05) is 38.4 Å². The molecule has 0 N–H and O–H groups in total. The van der Waals surface area contributed by atoms with Crippen molar-refractivity contribution in [3.8, 4) is 0 Å². The maximum Gasteiger partial charge on any atom is 0.316 e. The summed E-state index contributed by atoms with van der Waals surface area (Å²) in [5.74, 6) is -0.235. The summed E-state index contributed by atoms with van der Waals surface area (Å²) in [5.41, 5.74) is 1.29. The Hall–Kier alpha value is -1.58. The number of ether oxygens (including phenoxy) is 1. The van der Waals surface area contributed by atoms with Crippen molar-refractivity contribution < 1.29 is 9.53 Å². The first-order chi connectivity index (χ1) is 8.46. The van der Waals surface area contributed by atoms with Gasteiger partial charge in [0.15, 0.2) is 0 Å². The van der Waals surface area contributed by atoms with Crippen LogP contribution in [0.2, 0.25) is 0 Å². The van der Waals surface area contributed by atoms with Gasteiger partial charge in [0.25, 0.3) is 0 Å². The Morgan fingerprint density at radius 1 is 1.61 bits per heavy atom. The summed E-state index contributed by atoms with van der Waals surface area (Å²) in [6, 6.07) is 2.00. The molecule has 0 bridgehead atoms. The quantitative estimate of drug-likeness (QED) is 0.575. The van der Waals surface area contributed by atoms with Gasteiger partial charge < -0.3 is 4.74 Å². The third-order valence-corrected chi connectivity index (χ3v) is 3.03. The molecule has 0 aromatic carbocycles. The van der Waals surface area contributed by atoms with E-state index in [9.17, 15) is 4.79 Å². The van der Waals surface area contributed by atoms with Crippen LogP contribution in [0.1, 0.15) is 32.2 Å². The average Bonchev–Trinajstić information content (AvgIpc) is 2.69. The van der Waals surface area contributed by atoms with Gasteiger partial charge in [-0.3, -0.25) is 9.48 Å². The minimum Gasteiger partial charge on any atom is -0.465 e. The van der Waals surface area contributed by atoms with Crippen molar-refractivity contribution in [3.63, 3.8) is 0 Å². The Morgan fingerprint density at radius 2 is 2.28 bits per heavy atom. The molecule has 4 heteroatoms. The van der Waals surface area contributed by atoms with E-state index in [2.05, 4.69) is 11.7 Å². The molecule has 100 valence electrons. The van der Waals surface area contributed by atoms with Crippen molar-refractivity contribution in [3.05, 3.63) is 30.1 Å². The number of carbonyl (C=O) groups excluding carboxylic acids is 1. The van der Waals surface area contributed by atoms with Gasteiger partial charge in [0.1, 0.15) is 0 Å². The molecule has 0 radical (unpaired) electrons. The highest BCUT2D eigenvalue weighted by atomic mass is 16.5. The van der Waals surface area contributed by atoms with Crippen molar-refractivity contribution in [2.75, 3.05) is 6.61 Å². The van der Waals surface area contributed by atoms with E-state index in [-0.39, 0.29) is 5.97 Å². The zero-order valence-electron chi connectivity index (χ0n) is 11.7. The fourth-order valence-electron chi connectivity index (χ4n) is 1.92. The van der Waals surface area contributed by atoms with Gasteiger partial charge in [-0.25, -0.2) is 0 Å². The summed E-state index contributed by atoms with van der Waals surface area (Å²) in [6.45, 7) is 12.6. The number of hydrogen-bond acceptors (Lipinski definition) is 3. The topological polar surface area (TPSA) is 44.1 Å². The van der Waals surface area contributed by atoms with Gasteiger partial charge in [-0.1, -0.05) is 6.08 Å². The standard InChI is InChI=1S/C14H22N2O2/c1-6-14(5,13(17)18-8-3)10-12-9-11(4)15-16(12)7-2/h6,9H,1,7-8,10H2,2-5H3. The number of esters is 1. The van der Waals surface area contributed by atoms with Crippen LogP contribution < -0.4 is 0 Å². The van der Waals surface area contributed by atoms with Crippen LogP contribution in [0.3, 0.4) is 0 Å². The fourth-order valence-corrected chi connectivity index (χ4v) is 1.92. The van der Waals surface area contributed by atoms with Gasteiger partial charge in [0.05, 0.1) is 17.7 Å². The first kappa shape index (κ1) is 14.5. The second-order valence-electron chi connectivity index (χ2n) is 4.61. The number of aryl methyl sites for hydroxylation is 2. The van der Waals surface area contributed by atoms with E-state index < -0.39 is 5.41 Å². The average molecular weight is 250 g/mol. The Bertz CT molecular complexity index is 437. The van der Waals surface area contributed by atoms with E-state index in [1.165, 1.54) is 0 Å². The molecule has 0 saturated carbocycles. The van der Waals surface area contributed by atoms with Crippen molar-refractivity contribution in [1.29, 1.82) is 0 Å². The molecule has 0 spiro atoms. The molecule has 18 heavy (non-hydrogen) atoms. The van der Waals surface area contributed by atoms with E-state index in [1.54, 1.807) is 6.08 Å². The van der Waals surface area contributed by atoms with Crippen molar-refractivity contribution in [2.24, 2.45) is 5.41 Å². The normalized spacial score (nSPS) is 14.0. The smallest absolute Gasteiger partial charge is 0.316 e. The Labute approximate surface area is 109 Å².